The van der Waals surface area contributed by atoms with Gasteiger partial charge in [0.15, 0.2) is 5.43 Å². The van der Waals surface area contributed by atoms with Gasteiger partial charge in [0, 0.05) is 29.6 Å². The highest BCUT2D eigenvalue weighted by atomic mass is 19.4. The molecule has 7 heteroatoms. The van der Waals surface area contributed by atoms with E-state index in [0.29, 0.717) is 35.7 Å². The molecule has 1 aliphatic rings. The van der Waals surface area contributed by atoms with Crippen molar-refractivity contribution in [3.8, 4) is 5.69 Å². The predicted octanol–water partition coefficient (Wildman–Crippen LogP) is 7.34. The minimum atomic E-state index is -4.58. The van der Waals surface area contributed by atoms with E-state index in [2.05, 4.69) is 5.32 Å². The first-order valence-electron chi connectivity index (χ1n) is 11.7. The molecule has 3 aromatic carbocycles. The molecule has 0 saturated heterocycles. The van der Waals surface area contributed by atoms with Gasteiger partial charge in [-0.15, -0.1) is 0 Å². The Balaban J connectivity index is 1.68. The van der Waals surface area contributed by atoms with Gasteiger partial charge >= 0.3 is 6.18 Å². The molecule has 36 heavy (non-hydrogen) atoms. The molecule has 1 atom stereocenters. The van der Waals surface area contributed by atoms with Crippen LogP contribution in [-0.4, -0.2) is 16.5 Å². The molecule has 1 N–H and O–H groups in total. The SMILES string of the molecule is O=c1cc(Nc2ccccc2)n(-c2ccccc2)c2c1C(C(F)(F)F)CC(CCc1ccccc1)=N2. The lowest BCUT2D eigenvalue weighted by Crippen LogP contribution is -2.32. The molecule has 1 aliphatic heterocycles. The van der Waals surface area contributed by atoms with Gasteiger partial charge in [-0.3, -0.25) is 9.36 Å². The number of nitrogens with zero attached hydrogens (tertiary/aromatic N) is 2. The first-order valence-corrected chi connectivity index (χ1v) is 11.7. The van der Waals surface area contributed by atoms with E-state index in [9.17, 15) is 18.0 Å². The summed E-state index contributed by atoms with van der Waals surface area (Å²) in [6.07, 6.45) is -3.96. The average Bonchev–Trinajstić information content (AvgIpc) is 2.88. The molecule has 0 bridgehead atoms. The molecular formula is C29H24F3N3O. The molecule has 5 rings (SSSR count). The van der Waals surface area contributed by atoms with Crippen LogP contribution in [0.25, 0.3) is 5.69 Å². The summed E-state index contributed by atoms with van der Waals surface area (Å²) in [6, 6.07) is 29.0. The fourth-order valence-corrected chi connectivity index (χ4v) is 4.55. The molecule has 0 saturated carbocycles. The standard InChI is InChI=1S/C29H24F3N3O/c30-29(31,32)24-18-22(17-16-20-10-4-1-5-11-20)34-28-27(24)25(36)19-26(33-21-12-6-2-7-13-21)35(28)23-14-8-3-9-15-23/h1-15,19,24,33H,16-18H2. The van der Waals surface area contributed by atoms with Gasteiger partial charge in [-0.1, -0.05) is 66.7 Å². The highest BCUT2D eigenvalue weighted by Crippen LogP contribution is 2.45. The van der Waals surface area contributed by atoms with Crippen LogP contribution in [0.5, 0.6) is 0 Å². The molecule has 182 valence electrons. The van der Waals surface area contributed by atoms with Gasteiger partial charge in [0.05, 0.1) is 11.5 Å². The first-order chi connectivity index (χ1) is 17.4. The number of halogens is 3. The monoisotopic (exact) mass is 487 g/mol. The third kappa shape index (κ3) is 4.96. The smallest absolute Gasteiger partial charge is 0.341 e. The Hall–Kier alpha value is -4.13. The summed E-state index contributed by atoms with van der Waals surface area (Å²) in [5.41, 5.74) is 1.78. The number of fused-ring (bicyclic) bond motifs is 1. The highest BCUT2D eigenvalue weighted by molar-refractivity contribution is 5.90. The van der Waals surface area contributed by atoms with Gasteiger partial charge < -0.3 is 5.32 Å². The summed E-state index contributed by atoms with van der Waals surface area (Å²) in [5, 5.41) is 3.20. The number of pyridine rings is 1. The zero-order valence-electron chi connectivity index (χ0n) is 19.4. The maximum absolute atomic E-state index is 14.3. The van der Waals surface area contributed by atoms with Crippen molar-refractivity contribution in [1.29, 1.82) is 0 Å². The molecule has 1 unspecified atom stereocenters. The number of aryl methyl sites for hydroxylation is 1. The van der Waals surface area contributed by atoms with Crippen LogP contribution in [0.1, 0.15) is 29.9 Å². The van der Waals surface area contributed by atoms with Crippen LogP contribution < -0.4 is 10.7 Å². The number of para-hydroxylation sites is 2. The Morgan fingerprint density at radius 2 is 1.47 bits per heavy atom. The molecule has 4 nitrogen and oxygen atoms in total. The van der Waals surface area contributed by atoms with Crippen molar-refractivity contribution in [2.24, 2.45) is 4.99 Å². The van der Waals surface area contributed by atoms with Crippen LogP contribution in [0.4, 0.5) is 30.5 Å². The van der Waals surface area contributed by atoms with Crippen LogP contribution in [0, 0.1) is 0 Å². The fourth-order valence-electron chi connectivity index (χ4n) is 4.55. The van der Waals surface area contributed by atoms with Crippen molar-refractivity contribution in [3.05, 3.63) is 118 Å². The normalized spacial score (nSPS) is 15.2. The predicted molar refractivity (Wildman–Crippen MR) is 137 cm³/mol. The van der Waals surface area contributed by atoms with Crippen LogP contribution in [0.15, 0.2) is 107 Å². The topological polar surface area (TPSA) is 46.4 Å². The number of aliphatic imine (C=N–C) groups is 1. The Bertz CT molecular complexity index is 1430. The molecule has 4 aromatic rings. The first kappa shape index (κ1) is 23.6. The Labute approximate surface area is 206 Å². The second-order valence-electron chi connectivity index (χ2n) is 8.76. The Kier molecular flexibility index (Phi) is 6.46. The van der Waals surface area contributed by atoms with Crippen LogP contribution in [0.3, 0.4) is 0 Å². The van der Waals surface area contributed by atoms with E-state index in [0.717, 1.165) is 5.56 Å². The summed E-state index contributed by atoms with van der Waals surface area (Å²) in [6.45, 7) is 0. The molecule has 0 radical (unpaired) electrons. The van der Waals surface area contributed by atoms with Gasteiger partial charge in [-0.05, 0) is 42.7 Å². The molecular weight excluding hydrogens is 463 g/mol. The van der Waals surface area contributed by atoms with E-state index in [1.54, 1.807) is 28.8 Å². The molecule has 0 amide bonds. The van der Waals surface area contributed by atoms with Crippen LogP contribution in [-0.2, 0) is 6.42 Å². The number of rotatable bonds is 6. The van der Waals surface area contributed by atoms with Crippen LogP contribution >= 0.6 is 0 Å². The van der Waals surface area contributed by atoms with E-state index >= 15 is 0 Å². The van der Waals surface area contributed by atoms with Crippen molar-refractivity contribution in [1.82, 2.24) is 4.57 Å². The van der Waals surface area contributed by atoms with Gasteiger partial charge in [0.1, 0.15) is 11.6 Å². The number of nitrogens with one attached hydrogen (secondary N) is 1. The molecule has 0 aliphatic carbocycles. The van der Waals surface area contributed by atoms with Gasteiger partial charge in [0.2, 0.25) is 0 Å². The minimum Gasteiger partial charge on any atom is -0.341 e. The second-order valence-corrected chi connectivity index (χ2v) is 8.76. The van der Waals surface area contributed by atoms with Crippen molar-refractivity contribution < 1.29 is 13.2 Å². The summed E-state index contributed by atoms with van der Waals surface area (Å²) in [5.74, 6) is -1.53. The Morgan fingerprint density at radius 1 is 0.861 bits per heavy atom. The van der Waals surface area contributed by atoms with Gasteiger partial charge in [0.25, 0.3) is 0 Å². The van der Waals surface area contributed by atoms with E-state index in [1.807, 2.05) is 66.7 Å². The summed E-state index contributed by atoms with van der Waals surface area (Å²) in [4.78, 5) is 17.9. The zero-order valence-corrected chi connectivity index (χ0v) is 19.4. The van der Waals surface area contributed by atoms with Crippen LogP contribution in [0.2, 0.25) is 0 Å². The molecule has 1 aromatic heterocycles. The number of hydrogen-bond donors (Lipinski definition) is 1. The lowest BCUT2D eigenvalue weighted by molar-refractivity contribution is -0.149. The number of aromatic nitrogens is 1. The average molecular weight is 488 g/mol. The van der Waals surface area contributed by atoms with Crippen molar-refractivity contribution >= 4 is 23.0 Å². The van der Waals surface area contributed by atoms with E-state index in [1.165, 1.54) is 6.07 Å². The van der Waals surface area contributed by atoms with E-state index < -0.39 is 17.5 Å². The summed E-state index contributed by atoms with van der Waals surface area (Å²) < 4.78 is 44.5. The number of alkyl halides is 3. The Morgan fingerprint density at radius 3 is 2.11 bits per heavy atom. The van der Waals surface area contributed by atoms with Crippen molar-refractivity contribution in [2.75, 3.05) is 5.32 Å². The number of benzene rings is 3. The highest BCUT2D eigenvalue weighted by Gasteiger charge is 2.46. The van der Waals surface area contributed by atoms with Crippen molar-refractivity contribution in [3.63, 3.8) is 0 Å². The summed E-state index contributed by atoms with van der Waals surface area (Å²) >= 11 is 0. The largest absolute Gasteiger partial charge is 0.396 e. The number of anilines is 2. The van der Waals surface area contributed by atoms with Gasteiger partial charge in [-0.25, -0.2) is 4.99 Å². The fraction of sp³-hybridized carbons (Fsp3) is 0.172. The quantitative estimate of drug-likeness (QED) is 0.309. The third-order valence-electron chi connectivity index (χ3n) is 6.28. The summed E-state index contributed by atoms with van der Waals surface area (Å²) in [7, 11) is 0. The minimum absolute atomic E-state index is 0.0313. The lowest BCUT2D eigenvalue weighted by Gasteiger charge is -2.29. The van der Waals surface area contributed by atoms with Gasteiger partial charge in [-0.2, -0.15) is 13.2 Å². The zero-order chi connectivity index (χ0) is 25.1. The molecule has 0 spiro atoms. The van der Waals surface area contributed by atoms with E-state index in [4.69, 9.17) is 4.99 Å². The number of hydrogen-bond acceptors (Lipinski definition) is 3. The molecule has 2 heterocycles. The maximum Gasteiger partial charge on any atom is 0.396 e. The second kappa shape index (κ2) is 9.85. The maximum atomic E-state index is 14.3. The lowest BCUT2D eigenvalue weighted by atomic mass is 9.88. The van der Waals surface area contributed by atoms with E-state index in [-0.39, 0.29) is 17.8 Å². The van der Waals surface area contributed by atoms with Crippen molar-refractivity contribution in [2.45, 2.75) is 31.4 Å². The molecule has 0 fully saturated rings. The third-order valence-corrected chi connectivity index (χ3v) is 6.28.